The van der Waals surface area contributed by atoms with Crippen LogP contribution in [0.5, 0.6) is 5.75 Å². The van der Waals surface area contributed by atoms with Gasteiger partial charge in [0.25, 0.3) is 0 Å². The van der Waals surface area contributed by atoms with Crippen LogP contribution in [0.4, 0.5) is 0 Å². The molecular weight excluding hydrogens is 252 g/mol. The molecule has 1 unspecified atom stereocenters. The maximum absolute atomic E-state index is 12.0. The van der Waals surface area contributed by atoms with E-state index in [1.807, 2.05) is 0 Å². The summed E-state index contributed by atoms with van der Waals surface area (Å²) in [7, 11) is 1.59. The Labute approximate surface area is 122 Å². The third-order valence-electron chi connectivity index (χ3n) is 3.51. The zero-order chi connectivity index (χ0) is 14.8. The molecule has 0 fully saturated rings. The molecule has 0 bridgehead atoms. The first-order valence-electron chi connectivity index (χ1n) is 7.55. The van der Waals surface area contributed by atoms with Crippen molar-refractivity contribution in [2.24, 2.45) is 0 Å². The van der Waals surface area contributed by atoms with Crippen LogP contribution < -0.4 is 4.74 Å². The van der Waals surface area contributed by atoms with Crippen LogP contribution in [0, 0.1) is 0 Å². The Morgan fingerprint density at radius 1 is 1.10 bits per heavy atom. The molecule has 3 nitrogen and oxygen atoms in total. The molecule has 0 aliphatic rings. The molecule has 20 heavy (non-hydrogen) atoms. The van der Waals surface area contributed by atoms with Gasteiger partial charge in [-0.3, -0.25) is 4.79 Å². The molecule has 3 heteroatoms. The second kappa shape index (κ2) is 9.54. The van der Waals surface area contributed by atoms with E-state index in [0.29, 0.717) is 17.7 Å². The zero-order valence-corrected chi connectivity index (χ0v) is 12.6. The molecule has 0 saturated heterocycles. The summed E-state index contributed by atoms with van der Waals surface area (Å²) in [5, 5.41) is 9.92. The van der Waals surface area contributed by atoms with Crippen molar-refractivity contribution < 1.29 is 14.6 Å². The van der Waals surface area contributed by atoms with Gasteiger partial charge in [0, 0.05) is 5.56 Å². The van der Waals surface area contributed by atoms with Crippen LogP contribution in [0.1, 0.15) is 62.2 Å². The summed E-state index contributed by atoms with van der Waals surface area (Å²) in [6.45, 7) is 2.19. The molecule has 0 amide bonds. The smallest absolute Gasteiger partial charge is 0.191 e. The number of hydrogen-bond acceptors (Lipinski definition) is 3. The normalized spacial score (nSPS) is 12.2. The van der Waals surface area contributed by atoms with Crippen molar-refractivity contribution in [1.29, 1.82) is 0 Å². The highest BCUT2D eigenvalue weighted by molar-refractivity contribution is 5.99. The quantitative estimate of drug-likeness (QED) is 0.520. The number of benzene rings is 1. The van der Waals surface area contributed by atoms with Gasteiger partial charge in [-0.2, -0.15) is 0 Å². The summed E-state index contributed by atoms with van der Waals surface area (Å²) < 4.78 is 5.05. The van der Waals surface area contributed by atoms with Gasteiger partial charge in [0.05, 0.1) is 7.11 Å². The van der Waals surface area contributed by atoms with E-state index in [0.717, 1.165) is 12.8 Å². The molecule has 1 N–H and O–H groups in total. The molecule has 0 spiro atoms. The molecule has 1 aromatic carbocycles. The monoisotopic (exact) mass is 278 g/mol. The summed E-state index contributed by atoms with van der Waals surface area (Å²) in [4.78, 5) is 12.0. The third kappa shape index (κ3) is 5.74. The first kappa shape index (κ1) is 16.7. The topological polar surface area (TPSA) is 46.5 Å². The van der Waals surface area contributed by atoms with Gasteiger partial charge in [0.15, 0.2) is 5.78 Å². The molecule has 1 rings (SSSR count). The van der Waals surface area contributed by atoms with E-state index in [9.17, 15) is 9.90 Å². The number of rotatable bonds is 10. The average molecular weight is 278 g/mol. The van der Waals surface area contributed by atoms with Crippen molar-refractivity contribution in [3.63, 3.8) is 0 Å². The van der Waals surface area contributed by atoms with Crippen LogP contribution in [0.15, 0.2) is 24.3 Å². The molecule has 0 radical (unpaired) electrons. The lowest BCUT2D eigenvalue weighted by Crippen LogP contribution is -2.20. The van der Waals surface area contributed by atoms with Crippen molar-refractivity contribution in [1.82, 2.24) is 0 Å². The van der Waals surface area contributed by atoms with Crippen molar-refractivity contribution in [3.8, 4) is 5.75 Å². The van der Waals surface area contributed by atoms with Gasteiger partial charge in [-0.25, -0.2) is 0 Å². The van der Waals surface area contributed by atoms with Gasteiger partial charge >= 0.3 is 0 Å². The highest BCUT2D eigenvalue weighted by Gasteiger charge is 2.16. The van der Waals surface area contributed by atoms with E-state index < -0.39 is 6.10 Å². The average Bonchev–Trinajstić information content (AvgIpc) is 2.50. The predicted octanol–water partition coefficient (Wildman–Crippen LogP) is 3.99. The number of unbranched alkanes of at least 4 members (excludes halogenated alkanes) is 5. The standard InChI is InChI=1S/C17H26O3/c1-3-4-5-6-7-8-9-16(18)17(19)14-10-12-15(20-2)13-11-14/h10-13,16,18H,3-9H2,1-2H3. The number of hydrogen-bond donors (Lipinski definition) is 1. The molecule has 1 atom stereocenters. The van der Waals surface area contributed by atoms with Gasteiger partial charge in [0.1, 0.15) is 11.9 Å². The number of aliphatic hydroxyl groups excluding tert-OH is 1. The molecule has 112 valence electrons. The Bertz CT molecular complexity index is 384. The third-order valence-corrected chi connectivity index (χ3v) is 3.51. The van der Waals surface area contributed by atoms with Crippen molar-refractivity contribution in [3.05, 3.63) is 29.8 Å². The summed E-state index contributed by atoms with van der Waals surface area (Å²) in [6.07, 6.45) is 6.62. The van der Waals surface area contributed by atoms with Crippen LogP contribution in [0.25, 0.3) is 0 Å². The summed E-state index contributed by atoms with van der Waals surface area (Å²) in [6, 6.07) is 6.88. The zero-order valence-electron chi connectivity index (χ0n) is 12.6. The molecule has 0 aromatic heterocycles. The van der Waals surface area contributed by atoms with Crippen LogP contribution in [0.3, 0.4) is 0 Å². The minimum absolute atomic E-state index is 0.193. The second-order valence-electron chi connectivity index (χ2n) is 5.16. The van der Waals surface area contributed by atoms with Gasteiger partial charge in [-0.1, -0.05) is 45.4 Å². The number of aliphatic hydroxyl groups is 1. The highest BCUT2D eigenvalue weighted by atomic mass is 16.5. The van der Waals surface area contributed by atoms with Crippen LogP contribution in [-0.4, -0.2) is 24.1 Å². The fourth-order valence-electron chi connectivity index (χ4n) is 2.20. The molecule has 0 aliphatic carbocycles. The minimum Gasteiger partial charge on any atom is -0.497 e. The highest BCUT2D eigenvalue weighted by Crippen LogP contribution is 2.15. The summed E-state index contributed by atoms with van der Waals surface area (Å²) in [5.41, 5.74) is 0.546. The molecule has 0 aliphatic heterocycles. The first-order valence-corrected chi connectivity index (χ1v) is 7.55. The molecule has 0 saturated carbocycles. The number of ether oxygens (including phenoxy) is 1. The van der Waals surface area contributed by atoms with Crippen LogP contribution in [-0.2, 0) is 0 Å². The Balaban J connectivity index is 2.31. The van der Waals surface area contributed by atoms with Crippen LogP contribution >= 0.6 is 0 Å². The van der Waals surface area contributed by atoms with E-state index in [1.54, 1.807) is 31.4 Å². The van der Waals surface area contributed by atoms with E-state index in [-0.39, 0.29) is 5.78 Å². The van der Waals surface area contributed by atoms with E-state index >= 15 is 0 Å². The SMILES string of the molecule is CCCCCCCCC(O)C(=O)c1ccc(OC)cc1. The number of Topliss-reactive ketones (excluding diaryl/α,β-unsaturated/α-hetero) is 1. The lowest BCUT2D eigenvalue weighted by Gasteiger charge is -2.10. The fourth-order valence-corrected chi connectivity index (χ4v) is 2.20. The van der Waals surface area contributed by atoms with Gasteiger partial charge < -0.3 is 9.84 Å². The van der Waals surface area contributed by atoms with Gasteiger partial charge in [-0.15, -0.1) is 0 Å². The number of ketones is 1. The van der Waals surface area contributed by atoms with Crippen molar-refractivity contribution >= 4 is 5.78 Å². The van der Waals surface area contributed by atoms with E-state index in [4.69, 9.17) is 4.74 Å². The second-order valence-corrected chi connectivity index (χ2v) is 5.16. The lowest BCUT2D eigenvalue weighted by molar-refractivity contribution is 0.0725. The Kier molecular flexibility index (Phi) is 7.97. The molecule has 0 heterocycles. The molecular formula is C17H26O3. The predicted molar refractivity (Wildman–Crippen MR) is 81.3 cm³/mol. The number of carbonyl (C=O) groups excluding carboxylic acids is 1. The van der Waals surface area contributed by atoms with E-state index in [1.165, 1.54) is 25.7 Å². The van der Waals surface area contributed by atoms with Crippen molar-refractivity contribution in [2.45, 2.75) is 58.0 Å². The fraction of sp³-hybridized carbons (Fsp3) is 0.588. The van der Waals surface area contributed by atoms with Gasteiger partial charge in [-0.05, 0) is 30.7 Å². The van der Waals surface area contributed by atoms with Crippen LogP contribution in [0.2, 0.25) is 0 Å². The molecule has 1 aromatic rings. The van der Waals surface area contributed by atoms with Gasteiger partial charge in [0.2, 0.25) is 0 Å². The first-order chi connectivity index (χ1) is 9.69. The Morgan fingerprint density at radius 2 is 1.70 bits per heavy atom. The maximum Gasteiger partial charge on any atom is 0.191 e. The van der Waals surface area contributed by atoms with Crippen molar-refractivity contribution in [2.75, 3.05) is 7.11 Å². The summed E-state index contributed by atoms with van der Waals surface area (Å²) >= 11 is 0. The Hall–Kier alpha value is -1.35. The van der Waals surface area contributed by atoms with E-state index in [2.05, 4.69) is 6.92 Å². The lowest BCUT2D eigenvalue weighted by atomic mass is 10.0. The minimum atomic E-state index is -0.880. The summed E-state index contributed by atoms with van der Waals surface area (Å²) in [5.74, 6) is 0.521. The number of carbonyl (C=O) groups is 1. The largest absolute Gasteiger partial charge is 0.497 e. The maximum atomic E-state index is 12.0. The number of methoxy groups -OCH3 is 1. The Morgan fingerprint density at radius 3 is 2.30 bits per heavy atom.